The first-order valence-electron chi connectivity index (χ1n) is 10.3. The van der Waals surface area contributed by atoms with E-state index in [4.69, 9.17) is 0 Å². The molecule has 1 heterocycles. The lowest BCUT2D eigenvalue weighted by Crippen LogP contribution is -2.34. The third kappa shape index (κ3) is 3.13. The Kier molecular flexibility index (Phi) is 4.78. The van der Waals surface area contributed by atoms with Gasteiger partial charge in [-0.2, -0.15) is 0 Å². The third-order valence-corrected chi connectivity index (χ3v) is 6.11. The summed E-state index contributed by atoms with van der Waals surface area (Å²) in [4.78, 5) is 12.9. The van der Waals surface area contributed by atoms with Crippen LogP contribution in [0.5, 0.6) is 0 Å². The van der Waals surface area contributed by atoms with Crippen LogP contribution in [0.2, 0.25) is 0 Å². The molecule has 3 heteroatoms. The number of fused-ring (bicyclic) bond motifs is 3. The Bertz CT molecular complexity index is 934. The number of carbonyl (C=O) groups excluding carboxylic acids is 1. The molecule has 0 saturated carbocycles. The average molecular weight is 375 g/mol. The van der Waals surface area contributed by atoms with Gasteiger partial charge in [0.25, 0.3) is 5.91 Å². The van der Waals surface area contributed by atoms with E-state index in [1.165, 1.54) is 27.8 Å². The molecule has 0 aromatic heterocycles. The molecule has 1 aliphatic heterocycles. The lowest BCUT2D eigenvalue weighted by atomic mass is 9.74. The zero-order valence-corrected chi connectivity index (χ0v) is 17.5. The van der Waals surface area contributed by atoms with E-state index in [9.17, 15) is 4.79 Å². The monoisotopic (exact) mass is 374 g/mol. The van der Waals surface area contributed by atoms with Crippen molar-refractivity contribution < 1.29 is 4.79 Å². The number of nitrogens with one attached hydrogen (secondary N) is 2. The molecule has 0 radical (unpaired) electrons. The Morgan fingerprint density at radius 2 is 1.86 bits per heavy atom. The Labute approximate surface area is 168 Å². The molecule has 2 aromatic carbocycles. The van der Waals surface area contributed by atoms with Crippen LogP contribution in [0.4, 0.5) is 5.69 Å². The van der Waals surface area contributed by atoms with E-state index in [-0.39, 0.29) is 18.0 Å². The fourth-order valence-corrected chi connectivity index (χ4v) is 5.12. The Morgan fingerprint density at radius 1 is 1.14 bits per heavy atom. The zero-order chi connectivity index (χ0) is 20.0. The summed E-state index contributed by atoms with van der Waals surface area (Å²) < 4.78 is 0. The van der Waals surface area contributed by atoms with Crippen molar-refractivity contribution in [1.29, 1.82) is 0 Å². The molecule has 3 atom stereocenters. The molecule has 1 aliphatic carbocycles. The van der Waals surface area contributed by atoms with Crippen molar-refractivity contribution >= 4 is 11.6 Å². The number of aryl methyl sites for hydroxylation is 3. The minimum absolute atomic E-state index is 0.00382. The van der Waals surface area contributed by atoms with E-state index in [1.54, 1.807) is 0 Å². The second-order valence-corrected chi connectivity index (χ2v) is 8.69. The molecule has 0 bridgehead atoms. The highest BCUT2D eigenvalue weighted by Gasteiger charge is 2.40. The molecule has 0 spiro atoms. The standard InChI is InChI=1S/C25H30N2O/c1-14(2)26-25(28)21-11-7-9-19-18-8-6-10-20(18)24(27-23(19)21)22-16(4)12-15(3)13-17(22)5/h6-9,11-14,18,20,24,27H,10H2,1-5H3,(H,26,28). The lowest BCUT2D eigenvalue weighted by molar-refractivity contribution is 0.0943. The van der Waals surface area contributed by atoms with Crippen LogP contribution in [-0.4, -0.2) is 11.9 Å². The second-order valence-electron chi connectivity index (χ2n) is 8.69. The number of allylic oxidation sites excluding steroid dienone is 2. The zero-order valence-electron chi connectivity index (χ0n) is 17.5. The molecule has 146 valence electrons. The number of carbonyl (C=O) groups is 1. The molecule has 3 nitrogen and oxygen atoms in total. The van der Waals surface area contributed by atoms with Gasteiger partial charge in [-0.15, -0.1) is 0 Å². The first kappa shape index (κ1) is 18.8. The van der Waals surface area contributed by atoms with Gasteiger partial charge in [-0.25, -0.2) is 0 Å². The summed E-state index contributed by atoms with van der Waals surface area (Å²) in [5.41, 5.74) is 8.33. The maximum Gasteiger partial charge on any atom is 0.253 e. The van der Waals surface area contributed by atoms with Crippen LogP contribution >= 0.6 is 0 Å². The Balaban J connectivity index is 1.83. The minimum atomic E-state index is -0.00382. The summed E-state index contributed by atoms with van der Waals surface area (Å²) in [5.74, 6) is 0.833. The van der Waals surface area contributed by atoms with E-state index in [0.29, 0.717) is 11.8 Å². The van der Waals surface area contributed by atoms with Gasteiger partial charge in [0.15, 0.2) is 0 Å². The summed E-state index contributed by atoms with van der Waals surface area (Å²) in [6, 6.07) is 11.0. The number of hydrogen-bond acceptors (Lipinski definition) is 2. The predicted octanol–water partition coefficient (Wildman–Crippen LogP) is 5.58. The van der Waals surface area contributed by atoms with Crippen molar-refractivity contribution in [2.24, 2.45) is 5.92 Å². The summed E-state index contributed by atoms with van der Waals surface area (Å²) in [7, 11) is 0. The van der Waals surface area contributed by atoms with Gasteiger partial charge in [0, 0.05) is 12.0 Å². The molecule has 1 amide bonds. The fraction of sp³-hybridized carbons (Fsp3) is 0.400. The smallest absolute Gasteiger partial charge is 0.253 e. The maximum absolute atomic E-state index is 12.9. The number of rotatable bonds is 3. The van der Waals surface area contributed by atoms with E-state index in [1.807, 2.05) is 26.0 Å². The number of amides is 1. The Hall–Kier alpha value is -2.55. The van der Waals surface area contributed by atoms with E-state index in [0.717, 1.165) is 17.7 Å². The fourth-order valence-electron chi connectivity index (χ4n) is 5.12. The van der Waals surface area contributed by atoms with Crippen LogP contribution in [0.3, 0.4) is 0 Å². The SMILES string of the molecule is Cc1cc(C)c(C2Nc3c(C(=O)NC(C)C)cccc3C3C=CCC32)c(C)c1. The summed E-state index contributed by atoms with van der Waals surface area (Å²) in [5, 5.41) is 6.86. The number of anilines is 1. The minimum Gasteiger partial charge on any atom is -0.377 e. The molecule has 0 fully saturated rings. The molecule has 2 N–H and O–H groups in total. The van der Waals surface area contributed by atoms with Crippen LogP contribution in [0.25, 0.3) is 0 Å². The van der Waals surface area contributed by atoms with Gasteiger partial charge in [-0.1, -0.05) is 42.0 Å². The molecule has 2 aliphatic rings. The quantitative estimate of drug-likeness (QED) is 0.689. The number of benzene rings is 2. The average Bonchev–Trinajstić information content (AvgIpc) is 3.10. The highest BCUT2D eigenvalue weighted by molar-refractivity contribution is 6.01. The normalized spacial score (nSPS) is 22.6. The summed E-state index contributed by atoms with van der Waals surface area (Å²) >= 11 is 0. The van der Waals surface area contributed by atoms with Crippen LogP contribution in [-0.2, 0) is 0 Å². The van der Waals surface area contributed by atoms with Crippen molar-refractivity contribution in [1.82, 2.24) is 5.32 Å². The van der Waals surface area contributed by atoms with E-state index >= 15 is 0 Å². The van der Waals surface area contributed by atoms with Crippen LogP contribution in [0.15, 0.2) is 42.5 Å². The third-order valence-electron chi connectivity index (χ3n) is 6.11. The van der Waals surface area contributed by atoms with Crippen LogP contribution in [0, 0.1) is 26.7 Å². The van der Waals surface area contributed by atoms with Crippen molar-refractivity contribution in [3.8, 4) is 0 Å². The molecule has 28 heavy (non-hydrogen) atoms. The molecular formula is C25H30N2O. The van der Waals surface area contributed by atoms with Crippen molar-refractivity contribution in [2.45, 2.75) is 59.0 Å². The largest absolute Gasteiger partial charge is 0.377 e. The molecule has 3 unspecified atom stereocenters. The van der Waals surface area contributed by atoms with Gasteiger partial charge in [0.2, 0.25) is 0 Å². The van der Waals surface area contributed by atoms with Gasteiger partial charge >= 0.3 is 0 Å². The molecular weight excluding hydrogens is 344 g/mol. The predicted molar refractivity (Wildman–Crippen MR) is 116 cm³/mol. The molecule has 2 aromatic rings. The maximum atomic E-state index is 12.9. The van der Waals surface area contributed by atoms with Gasteiger partial charge in [-0.3, -0.25) is 4.79 Å². The summed E-state index contributed by atoms with van der Waals surface area (Å²) in [6.45, 7) is 10.6. The van der Waals surface area contributed by atoms with Crippen molar-refractivity contribution in [3.05, 3.63) is 75.9 Å². The first-order valence-corrected chi connectivity index (χ1v) is 10.3. The summed E-state index contributed by atoms with van der Waals surface area (Å²) in [6.07, 6.45) is 5.70. The van der Waals surface area contributed by atoms with Crippen LogP contribution in [0.1, 0.15) is 70.4 Å². The van der Waals surface area contributed by atoms with E-state index < -0.39 is 0 Å². The van der Waals surface area contributed by atoms with Crippen molar-refractivity contribution in [3.63, 3.8) is 0 Å². The second kappa shape index (κ2) is 7.12. The van der Waals surface area contributed by atoms with Gasteiger partial charge in [0.05, 0.1) is 17.3 Å². The highest BCUT2D eigenvalue weighted by atomic mass is 16.1. The Morgan fingerprint density at radius 3 is 2.54 bits per heavy atom. The number of hydrogen-bond donors (Lipinski definition) is 2. The van der Waals surface area contributed by atoms with Crippen molar-refractivity contribution in [2.75, 3.05) is 5.32 Å². The molecule has 0 saturated heterocycles. The van der Waals surface area contributed by atoms with E-state index in [2.05, 4.69) is 61.8 Å². The van der Waals surface area contributed by atoms with Gasteiger partial charge < -0.3 is 10.6 Å². The molecule has 4 rings (SSSR count). The number of para-hydroxylation sites is 1. The highest BCUT2D eigenvalue weighted by Crippen LogP contribution is 2.51. The van der Waals surface area contributed by atoms with Gasteiger partial charge in [0.1, 0.15) is 0 Å². The first-order chi connectivity index (χ1) is 13.4. The lowest BCUT2D eigenvalue weighted by Gasteiger charge is -2.39. The topological polar surface area (TPSA) is 41.1 Å². The van der Waals surface area contributed by atoms with Crippen LogP contribution < -0.4 is 10.6 Å². The van der Waals surface area contributed by atoms with Gasteiger partial charge in [-0.05, 0) is 75.3 Å².